The van der Waals surface area contributed by atoms with E-state index in [9.17, 15) is 12.8 Å². The second-order valence-electron chi connectivity index (χ2n) is 5.88. The van der Waals surface area contributed by atoms with Gasteiger partial charge in [0.05, 0.1) is 4.90 Å². The maximum absolute atomic E-state index is 13.5. The van der Waals surface area contributed by atoms with E-state index in [1.165, 1.54) is 12.1 Å². The zero-order chi connectivity index (χ0) is 17.3. The fraction of sp³-hybridized carbons (Fsp3) is 0.222. The van der Waals surface area contributed by atoms with Crippen LogP contribution in [0, 0.1) is 19.7 Å². The van der Waals surface area contributed by atoms with Gasteiger partial charge in [-0.1, -0.05) is 17.7 Å². The van der Waals surface area contributed by atoms with Crippen molar-refractivity contribution in [1.82, 2.24) is 9.71 Å². The van der Waals surface area contributed by atoms with Gasteiger partial charge in [-0.15, -0.1) is 0 Å². The number of aryl methyl sites for hydroxylation is 2. The number of sulfonamides is 1. The number of rotatable bonds is 5. The first-order valence-electron chi connectivity index (χ1n) is 7.70. The SMILES string of the molecule is Cc1ccc(S(=O)(=O)NCCc2c(C)[nH]c3ccc(F)cc23)cc1. The van der Waals surface area contributed by atoms with Crippen LogP contribution in [-0.4, -0.2) is 19.9 Å². The Hall–Kier alpha value is -2.18. The van der Waals surface area contributed by atoms with Crippen LogP contribution < -0.4 is 4.72 Å². The third-order valence-electron chi connectivity index (χ3n) is 4.08. The summed E-state index contributed by atoms with van der Waals surface area (Å²) in [6.45, 7) is 4.06. The van der Waals surface area contributed by atoms with E-state index in [0.717, 1.165) is 27.7 Å². The summed E-state index contributed by atoms with van der Waals surface area (Å²) < 4.78 is 40.7. The van der Waals surface area contributed by atoms with Gasteiger partial charge in [0.1, 0.15) is 5.82 Å². The molecule has 0 bridgehead atoms. The van der Waals surface area contributed by atoms with E-state index in [0.29, 0.717) is 6.42 Å². The Morgan fingerprint density at radius 3 is 2.50 bits per heavy atom. The summed E-state index contributed by atoms with van der Waals surface area (Å²) in [7, 11) is -3.54. The first-order chi connectivity index (χ1) is 11.4. The minimum Gasteiger partial charge on any atom is -0.358 e. The summed E-state index contributed by atoms with van der Waals surface area (Å²) >= 11 is 0. The molecule has 0 amide bonds. The van der Waals surface area contributed by atoms with Crippen LogP contribution in [0.4, 0.5) is 4.39 Å². The molecule has 3 aromatic rings. The number of nitrogens with one attached hydrogen (secondary N) is 2. The Morgan fingerprint density at radius 2 is 1.79 bits per heavy atom. The van der Waals surface area contributed by atoms with Crippen molar-refractivity contribution in [3.63, 3.8) is 0 Å². The topological polar surface area (TPSA) is 62.0 Å². The molecule has 0 saturated heterocycles. The van der Waals surface area contributed by atoms with Crippen molar-refractivity contribution in [2.45, 2.75) is 25.2 Å². The highest BCUT2D eigenvalue weighted by atomic mass is 32.2. The van der Waals surface area contributed by atoms with E-state index in [1.807, 2.05) is 13.8 Å². The Balaban J connectivity index is 1.76. The number of fused-ring (bicyclic) bond motifs is 1. The van der Waals surface area contributed by atoms with Gasteiger partial charge in [-0.25, -0.2) is 17.5 Å². The lowest BCUT2D eigenvalue weighted by Gasteiger charge is -2.07. The minimum atomic E-state index is -3.54. The smallest absolute Gasteiger partial charge is 0.240 e. The first-order valence-corrected chi connectivity index (χ1v) is 9.18. The van der Waals surface area contributed by atoms with Gasteiger partial charge in [0.25, 0.3) is 0 Å². The summed E-state index contributed by atoms with van der Waals surface area (Å²) in [5.41, 5.74) is 3.71. The number of H-pyrrole nitrogens is 1. The van der Waals surface area contributed by atoms with E-state index in [4.69, 9.17) is 0 Å². The van der Waals surface area contributed by atoms with E-state index in [2.05, 4.69) is 9.71 Å². The van der Waals surface area contributed by atoms with E-state index in [-0.39, 0.29) is 17.3 Å². The zero-order valence-electron chi connectivity index (χ0n) is 13.6. The first kappa shape index (κ1) is 16.7. The van der Waals surface area contributed by atoms with Crippen molar-refractivity contribution >= 4 is 20.9 Å². The molecule has 24 heavy (non-hydrogen) atoms. The van der Waals surface area contributed by atoms with Crippen molar-refractivity contribution in [3.8, 4) is 0 Å². The zero-order valence-corrected chi connectivity index (χ0v) is 14.4. The molecule has 2 N–H and O–H groups in total. The lowest BCUT2D eigenvalue weighted by atomic mass is 10.1. The standard InChI is InChI=1S/C18H19FN2O2S/c1-12-3-6-15(7-4-12)24(22,23)20-10-9-16-13(2)21-18-8-5-14(19)11-17(16)18/h3-8,11,20-21H,9-10H2,1-2H3. The largest absolute Gasteiger partial charge is 0.358 e. The highest BCUT2D eigenvalue weighted by Gasteiger charge is 2.14. The van der Waals surface area contributed by atoms with Crippen LogP contribution in [0.5, 0.6) is 0 Å². The Bertz CT molecular complexity index is 976. The maximum atomic E-state index is 13.5. The van der Waals surface area contributed by atoms with Crippen molar-refractivity contribution < 1.29 is 12.8 Å². The molecule has 0 spiro atoms. The van der Waals surface area contributed by atoms with Gasteiger partial charge in [-0.2, -0.15) is 0 Å². The quantitative estimate of drug-likeness (QED) is 0.743. The minimum absolute atomic E-state index is 0.245. The Kier molecular flexibility index (Phi) is 4.43. The average molecular weight is 346 g/mol. The summed E-state index contributed by atoms with van der Waals surface area (Å²) in [4.78, 5) is 3.44. The molecule has 0 radical (unpaired) electrons. The molecule has 0 fully saturated rings. The molecule has 4 nitrogen and oxygen atoms in total. The van der Waals surface area contributed by atoms with Crippen molar-refractivity contribution in [1.29, 1.82) is 0 Å². The summed E-state index contributed by atoms with van der Waals surface area (Å²) in [6, 6.07) is 11.3. The summed E-state index contributed by atoms with van der Waals surface area (Å²) in [6.07, 6.45) is 0.486. The second kappa shape index (κ2) is 6.37. The molecule has 0 atom stereocenters. The molecule has 126 valence electrons. The lowest BCUT2D eigenvalue weighted by Crippen LogP contribution is -2.26. The van der Waals surface area contributed by atoms with Crippen LogP contribution in [0.25, 0.3) is 10.9 Å². The molecular weight excluding hydrogens is 327 g/mol. The highest BCUT2D eigenvalue weighted by Crippen LogP contribution is 2.23. The van der Waals surface area contributed by atoms with Crippen LogP contribution in [0.2, 0.25) is 0 Å². The lowest BCUT2D eigenvalue weighted by molar-refractivity contribution is 0.581. The monoisotopic (exact) mass is 346 g/mol. The molecule has 0 unspecified atom stereocenters. The molecular formula is C18H19FN2O2S. The third-order valence-corrected chi connectivity index (χ3v) is 5.56. The number of hydrogen-bond donors (Lipinski definition) is 2. The molecule has 1 heterocycles. The predicted molar refractivity (Wildman–Crippen MR) is 93.1 cm³/mol. The summed E-state index contributed by atoms with van der Waals surface area (Å²) in [5, 5.41) is 0.794. The van der Waals surface area contributed by atoms with Crippen LogP contribution in [0.15, 0.2) is 47.4 Å². The number of aromatic nitrogens is 1. The molecule has 0 aliphatic heterocycles. The number of benzene rings is 2. The van der Waals surface area contributed by atoms with Crippen LogP contribution >= 0.6 is 0 Å². The molecule has 0 aliphatic carbocycles. The highest BCUT2D eigenvalue weighted by molar-refractivity contribution is 7.89. The van der Waals surface area contributed by atoms with Gasteiger partial charge in [0.2, 0.25) is 10.0 Å². The average Bonchev–Trinajstić information content (AvgIpc) is 2.83. The van der Waals surface area contributed by atoms with Crippen LogP contribution in [0.3, 0.4) is 0 Å². The van der Waals surface area contributed by atoms with Gasteiger partial charge < -0.3 is 4.98 Å². The number of aromatic amines is 1. The fourth-order valence-corrected chi connectivity index (χ4v) is 3.82. The van der Waals surface area contributed by atoms with Gasteiger partial charge in [0.15, 0.2) is 0 Å². The predicted octanol–water partition coefficient (Wildman–Crippen LogP) is 3.44. The molecule has 0 aliphatic rings. The third kappa shape index (κ3) is 3.34. The maximum Gasteiger partial charge on any atom is 0.240 e. The molecule has 0 saturated carbocycles. The Labute approximate surface area is 140 Å². The number of halogens is 1. The molecule has 6 heteroatoms. The molecule has 3 rings (SSSR count). The Morgan fingerprint density at radius 1 is 1.08 bits per heavy atom. The normalized spacial score (nSPS) is 12.0. The van der Waals surface area contributed by atoms with Gasteiger partial charge in [0, 0.05) is 23.1 Å². The van der Waals surface area contributed by atoms with E-state index in [1.54, 1.807) is 30.3 Å². The van der Waals surface area contributed by atoms with Crippen molar-refractivity contribution in [3.05, 3.63) is 65.1 Å². The molecule has 2 aromatic carbocycles. The van der Waals surface area contributed by atoms with Gasteiger partial charge >= 0.3 is 0 Å². The van der Waals surface area contributed by atoms with Crippen molar-refractivity contribution in [2.24, 2.45) is 0 Å². The van der Waals surface area contributed by atoms with E-state index >= 15 is 0 Å². The van der Waals surface area contributed by atoms with Crippen LogP contribution in [-0.2, 0) is 16.4 Å². The fourth-order valence-electron chi connectivity index (χ4n) is 2.79. The molecule has 1 aromatic heterocycles. The second-order valence-corrected chi connectivity index (χ2v) is 7.65. The summed E-state index contributed by atoms with van der Waals surface area (Å²) in [5.74, 6) is -0.303. The van der Waals surface area contributed by atoms with E-state index < -0.39 is 10.0 Å². The van der Waals surface area contributed by atoms with Gasteiger partial charge in [-0.3, -0.25) is 0 Å². The van der Waals surface area contributed by atoms with Crippen molar-refractivity contribution in [2.75, 3.05) is 6.54 Å². The number of hydrogen-bond acceptors (Lipinski definition) is 2. The van der Waals surface area contributed by atoms with Crippen LogP contribution in [0.1, 0.15) is 16.8 Å². The van der Waals surface area contributed by atoms with Gasteiger partial charge in [-0.05, 0) is 56.2 Å².